The minimum absolute atomic E-state index is 0.0126. The summed E-state index contributed by atoms with van der Waals surface area (Å²) in [6.07, 6.45) is -4.68. The maximum Gasteiger partial charge on any atom is 0.416 e. The third-order valence-corrected chi connectivity index (χ3v) is 5.92. The predicted molar refractivity (Wildman–Crippen MR) is 136 cm³/mol. The first kappa shape index (κ1) is 26.5. The number of carbonyl (C=O) groups is 2. The fraction of sp³-hybridized carbons (Fsp3) is 0.185. The Balaban J connectivity index is 1.68. The Kier molecular flexibility index (Phi) is 7.03. The molecule has 0 aliphatic heterocycles. The van der Waals surface area contributed by atoms with E-state index in [4.69, 9.17) is 5.73 Å². The molecule has 4 rings (SSSR count). The third kappa shape index (κ3) is 5.41. The van der Waals surface area contributed by atoms with E-state index in [1.807, 2.05) is 0 Å². The first-order chi connectivity index (χ1) is 17.8. The van der Waals surface area contributed by atoms with Crippen LogP contribution in [0.3, 0.4) is 0 Å². The molecule has 3 aromatic carbocycles. The zero-order valence-electron chi connectivity index (χ0n) is 20.7. The highest BCUT2D eigenvalue weighted by Gasteiger charge is 2.31. The smallest absolute Gasteiger partial charge is 0.383 e. The molecule has 7 nitrogen and oxygen atoms in total. The summed E-state index contributed by atoms with van der Waals surface area (Å²) < 4.78 is 54.8. The number of rotatable bonds is 5. The number of likely N-dealkylation sites (N-methyl/N-ethyl adjacent to an activating group) is 1. The molecule has 3 N–H and O–H groups in total. The van der Waals surface area contributed by atoms with Crippen LogP contribution in [0.15, 0.2) is 54.6 Å². The minimum Gasteiger partial charge on any atom is -0.383 e. The summed E-state index contributed by atoms with van der Waals surface area (Å²) in [5.41, 5.74) is 6.68. The number of fused-ring (bicyclic) bond motifs is 1. The lowest BCUT2D eigenvalue weighted by Gasteiger charge is -2.14. The number of hydrogen-bond acceptors (Lipinski definition) is 5. The first-order valence-electron chi connectivity index (χ1n) is 11.4. The molecule has 0 bridgehead atoms. The molecule has 0 aliphatic rings. The fourth-order valence-corrected chi connectivity index (χ4v) is 3.87. The van der Waals surface area contributed by atoms with E-state index in [-0.39, 0.29) is 51.7 Å². The van der Waals surface area contributed by atoms with E-state index in [1.165, 1.54) is 23.1 Å². The minimum atomic E-state index is -4.59. The second kappa shape index (κ2) is 10.1. The van der Waals surface area contributed by atoms with Crippen molar-refractivity contribution in [3.63, 3.8) is 0 Å². The second-order valence-electron chi connectivity index (χ2n) is 8.87. The lowest BCUT2D eigenvalue weighted by Crippen LogP contribution is -2.24. The number of amides is 2. The third-order valence-electron chi connectivity index (χ3n) is 5.92. The summed E-state index contributed by atoms with van der Waals surface area (Å²) in [5, 5.41) is 2.55. The maximum absolute atomic E-state index is 15.7. The van der Waals surface area contributed by atoms with E-state index in [1.54, 1.807) is 39.2 Å². The molecule has 0 saturated carbocycles. The molecule has 0 spiro atoms. The molecule has 11 heteroatoms. The van der Waals surface area contributed by atoms with Crippen molar-refractivity contribution in [3.05, 3.63) is 82.9 Å². The van der Waals surface area contributed by atoms with Crippen LogP contribution in [0.4, 0.5) is 29.1 Å². The van der Waals surface area contributed by atoms with Crippen LogP contribution in [0.1, 0.15) is 27.3 Å². The standard InChI is InChI=1S/C27H23F4N5O2/c1-14-7-8-17(33-26(38)15-5-4-6-16(11-15)27(29,30)31)12-19(14)18-9-10-20-23(24(18)28)25(32)35-21(34-20)13-22(37)36(2)3/h4-12H,13H2,1-3H3,(H,33,38)(H2,32,34,35). The highest BCUT2D eigenvalue weighted by Crippen LogP contribution is 2.34. The SMILES string of the molecule is Cc1ccc(NC(=O)c2cccc(C(F)(F)F)c2)cc1-c1ccc2nc(CC(=O)N(C)C)nc(N)c2c1F. The largest absolute Gasteiger partial charge is 0.416 e. The summed E-state index contributed by atoms with van der Waals surface area (Å²) in [5.74, 6) is -1.63. The van der Waals surface area contributed by atoms with Crippen molar-refractivity contribution in [2.24, 2.45) is 0 Å². The van der Waals surface area contributed by atoms with Gasteiger partial charge in [-0.1, -0.05) is 12.1 Å². The average Bonchev–Trinajstić information content (AvgIpc) is 2.85. The number of nitrogen functional groups attached to an aromatic ring is 1. The lowest BCUT2D eigenvalue weighted by molar-refractivity contribution is -0.137. The van der Waals surface area contributed by atoms with Crippen molar-refractivity contribution in [1.82, 2.24) is 14.9 Å². The Hall–Kier alpha value is -4.54. The van der Waals surface area contributed by atoms with Gasteiger partial charge in [0.1, 0.15) is 17.5 Å². The van der Waals surface area contributed by atoms with Gasteiger partial charge in [-0.15, -0.1) is 0 Å². The highest BCUT2D eigenvalue weighted by atomic mass is 19.4. The van der Waals surface area contributed by atoms with Gasteiger partial charge in [0.05, 0.1) is 22.9 Å². The van der Waals surface area contributed by atoms with E-state index in [9.17, 15) is 22.8 Å². The van der Waals surface area contributed by atoms with Crippen LogP contribution < -0.4 is 11.1 Å². The summed E-state index contributed by atoms with van der Waals surface area (Å²) in [6, 6.07) is 11.9. The van der Waals surface area contributed by atoms with Gasteiger partial charge in [-0.25, -0.2) is 14.4 Å². The molecule has 0 fully saturated rings. The molecule has 0 atom stereocenters. The first-order valence-corrected chi connectivity index (χ1v) is 11.4. The van der Waals surface area contributed by atoms with Crippen molar-refractivity contribution in [3.8, 4) is 11.1 Å². The molecule has 2 amide bonds. The second-order valence-corrected chi connectivity index (χ2v) is 8.87. The normalized spacial score (nSPS) is 11.4. The van der Waals surface area contributed by atoms with Gasteiger partial charge in [-0.3, -0.25) is 9.59 Å². The molecule has 38 heavy (non-hydrogen) atoms. The van der Waals surface area contributed by atoms with Crippen LogP contribution in [0.25, 0.3) is 22.0 Å². The van der Waals surface area contributed by atoms with Gasteiger partial charge in [0.2, 0.25) is 5.91 Å². The molecule has 4 aromatic rings. The summed E-state index contributed by atoms with van der Waals surface area (Å²) >= 11 is 0. The van der Waals surface area contributed by atoms with Crippen molar-refractivity contribution in [2.45, 2.75) is 19.5 Å². The van der Waals surface area contributed by atoms with Gasteiger partial charge >= 0.3 is 6.18 Å². The highest BCUT2D eigenvalue weighted by molar-refractivity contribution is 6.05. The number of anilines is 2. The van der Waals surface area contributed by atoms with E-state index < -0.39 is 23.5 Å². The number of nitrogens with two attached hydrogens (primary N) is 1. The number of aromatic nitrogens is 2. The number of hydrogen-bond donors (Lipinski definition) is 2. The van der Waals surface area contributed by atoms with E-state index in [2.05, 4.69) is 15.3 Å². The number of carbonyl (C=O) groups excluding carboxylic acids is 2. The van der Waals surface area contributed by atoms with Crippen LogP contribution in [-0.2, 0) is 17.4 Å². The van der Waals surface area contributed by atoms with Gasteiger partial charge in [-0.2, -0.15) is 13.2 Å². The summed E-state index contributed by atoms with van der Waals surface area (Å²) in [7, 11) is 3.19. The van der Waals surface area contributed by atoms with Gasteiger partial charge in [0.15, 0.2) is 0 Å². The number of aryl methyl sites for hydroxylation is 1. The number of nitrogens with one attached hydrogen (secondary N) is 1. The molecule has 0 unspecified atom stereocenters. The fourth-order valence-electron chi connectivity index (χ4n) is 3.87. The zero-order chi connectivity index (χ0) is 27.8. The van der Waals surface area contributed by atoms with E-state index in [0.29, 0.717) is 11.1 Å². The number of halogens is 4. The molecule has 196 valence electrons. The van der Waals surface area contributed by atoms with E-state index in [0.717, 1.165) is 18.2 Å². The van der Waals surface area contributed by atoms with Crippen molar-refractivity contribution in [2.75, 3.05) is 25.1 Å². The predicted octanol–water partition coefficient (Wildman–Crippen LogP) is 5.23. The Morgan fingerprint density at radius 1 is 1.00 bits per heavy atom. The Morgan fingerprint density at radius 2 is 1.74 bits per heavy atom. The zero-order valence-corrected chi connectivity index (χ0v) is 20.7. The maximum atomic E-state index is 15.7. The van der Waals surface area contributed by atoms with E-state index >= 15 is 4.39 Å². The topological polar surface area (TPSA) is 101 Å². The van der Waals surface area contributed by atoms with Crippen molar-refractivity contribution in [1.29, 1.82) is 0 Å². The molecule has 1 aromatic heterocycles. The molecule has 1 heterocycles. The van der Waals surface area contributed by atoms with Crippen molar-refractivity contribution >= 4 is 34.2 Å². The van der Waals surface area contributed by atoms with Gasteiger partial charge in [0.25, 0.3) is 5.91 Å². The molecular formula is C27H23F4N5O2. The number of alkyl halides is 3. The summed E-state index contributed by atoms with van der Waals surface area (Å²) in [6.45, 7) is 1.74. The van der Waals surface area contributed by atoms with Gasteiger partial charge in [-0.05, 0) is 60.5 Å². The number of nitrogens with zero attached hydrogens (tertiary/aromatic N) is 3. The van der Waals surface area contributed by atoms with Gasteiger partial charge in [0, 0.05) is 30.9 Å². The van der Waals surface area contributed by atoms with Crippen LogP contribution >= 0.6 is 0 Å². The average molecular weight is 526 g/mol. The van der Waals surface area contributed by atoms with Crippen LogP contribution in [-0.4, -0.2) is 40.8 Å². The Labute approximate surface area is 215 Å². The molecule has 0 saturated heterocycles. The van der Waals surface area contributed by atoms with Crippen LogP contribution in [0.2, 0.25) is 0 Å². The molecule has 0 aliphatic carbocycles. The van der Waals surface area contributed by atoms with Crippen molar-refractivity contribution < 1.29 is 27.2 Å². The van der Waals surface area contributed by atoms with Crippen LogP contribution in [0.5, 0.6) is 0 Å². The Morgan fingerprint density at radius 3 is 2.42 bits per heavy atom. The summed E-state index contributed by atoms with van der Waals surface area (Å²) in [4.78, 5) is 34.4. The Bertz CT molecular complexity index is 1570. The molecular weight excluding hydrogens is 502 g/mol. The molecule has 0 radical (unpaired) electrons. The lowest BCUT2D eigenvalue weighted by atomic mass is 9.97. The van der Waals surface area contributed by atoms with Crippen LogP contribution in [0, 0.1) is 12.7 Å². The quantitative estimate of drug-likeness (QED) is 0.348. The monoisotopic (exact) mass is 525 g/mol. The number of benzene rings is 3. The van der Waals surface area contributed by atoms with Gasteiger partial charge < -0.3 is 16.0 Å².